The van der Waals surface area contributed by atoms with Gasteiger partial charge in [0.05, 0.1) is 16.5 Å². The Balaban J connectivity index is 1.72. The Hall–Kier alpha value is -3.81. The Morgan fingerprint density at radius 3 is 2.59 bits per heavy atom. The zero-order valence-electron chi connectivity index (χ0n) is 14.1. The highest BCUT2D eigenvalue weighted by Gasteiger charge is 2.16. The van der Waals surface area contributed by atoms with Crippen molar-refractivity contribution in [3.63, 3.8) is 0 Å². The molecule has 0 aliphatic rings. The van der Waals surface area contributed by atoms with Gasteiger partial charge in [-0.2, -0.15) is 4.98 Å². The smallest absolute Gasteiger partial charge is 0.272 e. The van der Waals surface area contributed by atoms with E-state index in [0.717, 1.165) is 22.9 Å². The Morgan fingerprint density at radius 2 is 1.89 bits per heavy atom. The van der Waals surface area contributed by atoms with Crippen LogP contribution in [-0.4, -0.2) is 19.9 Å². The molecular formula is C19H13FN4O3. The first-order valence-electron chi connectivity index (χ1n) is 8.04. The second kappa shape index (κ2) is 6.49. The summed E-state index contributed by atoms with van der Waals surface area (Å²) >= 11 is 0. The van der Waals surface area contributed by atoms with E-state index in [2.05, 4.69) is 15.0 Å². The lowest BCUT2D eigenvalue weighted by Crippen LogP contribution is -1.95. The van der Waals surface area contributed by atoms with Gasteiger partial charge in [-0.3, -0.25) is 10.1 Å². The zero-order valence-corrected chi connectivity index (χ0v) is 14.1. The van der Waals surface area contributed by atoms with Gasteiger partial charge in [0.25, 0.3) is 5.69 Å². The molecule has 0 bridgehead atoms. The van der Waals surface area contributed by atoms with Crippen molar-refractivity contribution in [1.82, 2.24) is 15.0 Å². The van der Waals surface area contributed by atoms with E-state index in [1.54, 1.807) is 0 Å². The molecule has 1 N–H and O–H groups in total. The summed E-state index contributed by atoms with van der Waals surface area (Å²) in [6.07, 6.45) is 1.31. The molecular weight excluding hydrogens is 351 g/mol. The summed E-state index contributed by atoms with van der Waals surface area (Å²) in [5, 5.41) is 10.7. The van der Waals surface area contributed by atoms with Crippen LogP contribution in [0.25, 0.3) is 22.3 Å². The molecule has 7 nitrogen and oxygen atoms in total. The predicted octanol–water partition coefficient (Wildman–Crippen LogP) is 4.77. The monoisotopic (exact) mass is 364 g/mol. The highest BCUT2D eigenvalue weighted by atomic mass is 19.1. The van der Waals surface area contributed by atoms with Crippen molar-refractivity contribution in [3.05, 3.63) is 76.4 Å². The van der Waals surface area contributed by atoms with Crippen LogP contribution >= 0.6 is 0 Å². The molecule has 4 aromatic rings. The number of nitrogens with one attached hydrogen (secondary N) is 1. The normalized spacial score (nSPS) is 10.9. The summed E-state index contributed by atoms with van der Waals surface area (Å²) < 4.78 is 19.7. The molecule has 2 heterocycles. The van der Waals surface area contributed by atoms with E-state index in [9.17, 15) is 14.5 Å². The number of non-ortho nitro benzene ring substituents is 1. The average Bonchev–Trinajstić information content (AvgIpc) is 3.09. The van der Waals surface area contributed by atoms with Crippen LogP contribution in [0.15, 0.2) is 54.9 Å². The fraction of sp³-hybridized carbons (Fsp3) is 0.0526. The maximum atomic E-state index is 14.1. The first-order chi connectivity index (χ1) is 13.0. The van der Waals surface area contributed by atoms with Gasteiger partial charge in [-0.1, -0.05) is 29.8 Å². The summed E-state index contributed by atoms with van der Waals surface area (Å²) in [5.41, 5.74) is 3.69. The zero-order chi connectivity index (χ0) is 19.0. The molecule has 0 aliphatic carbocycles. The van der Waals surface area contributed by atoms with Crippen LogP contribution in [0.5, 0.6) is 11.6 Å². The lowest BCUT2D eigenvalue weighted by molar-refractivity contribution is -0.385. The number of aromatic amines is 1. The number of rotatable bonds is 4. The van der Waals surface area contributed by atoms with Crippen molar-refractivity contribution >= 4 is 16.7 Å². The second-order valence-corrected chi connectivity index (χ2v) is 5.96. The number of H-pyrrole nitrogens is 1. The Morgan fingerprint density at radius 1 is 1.11 bits per heavy atom. The van der Waals surface area contributed by atoms with Gasteiger partial charge < -0.3 is 9.72 Å². The van der Waals surface area contributed by atoms with E-state index in [4.69, 9.17) is 4.74 Å². The molecule has 0 saturated heterocycles. The Labute approximate surface area is 152 Å². The molecule has 0 radical (unpaired) electrons. The number of aromatic nitrogens is 3. The van der Waals surface area contributed by atoms with Crippen molar-refractivity contribution in [2.24, 2.45) is 0 Å². The third kappa shape index (κ3) is 3.20. The molecule has 0 amide bonds. The van der Waals surface area contributed by atoms with Gasteiger partial charge in [0.15, 0.2) is 11.6 Å². The Kier molecular flexibility index (Phi) is 4.00. The number of fused-ring (bicyclic) bond motifs is 1. The quantitative estimate of drug-likeness (QED) is 0.416. The molecule has 0 fully saturated rings. The number of halogens is 1. The topological polar surface area (TPSA) is 93.9 Å². The van der Waals surface area contributed by atoms with Gasteiger partial charge in [-0.05, 0) is 24.6 Å². The first-order valence-corrected chi connectivity index (χ1v) is 8.04. The van der Waals surface area contributed by atoms with Crippen LogP contribution in [0.1, 0.15) is 5.56 Å². The highest BCUT2D eigenvalue weighted by Crippen LogP contribution is 2.32. The molecule has 27 heavy (non-hydrogen) atoms. The molecule has 0 spiro atoms. The maximum absolute atomic E-state index is 14.1. The van der Waals surface area contributed by atoms with E-state index in [0.29, 0.717) is 11.0 Å². The molecule has 2 aromatic carbocycles. The molecule has 2 aromatic heterocycles. The van der Waals surface area contributed by atoms with E-state index in [-0.39, 0.29) is 17.3 Å². The number of nitro benzene ring substituents is 1. The largest absolute Gasteiger partial charge is 0.434 e. The van der Waals surface area contributed by atoms with Gasteiger partial charge in [0, 0.05) is 11.8 Å². The summed E-state index contributed by atoms with van der Waals surface area (Å²) in [6, 6.07) is 13.0. The van der Waals surface area contributed by atoms with Gasteiger partial charge in [-0.15, -0.1) is 0 Å². The average molecular weight is 364 g/mol. The standard InChI is InChI=1S/C19H13FN4O3/c1-11-2-4-12(5-3-11)15-9-16-18(23-15)19(22-10-21-16)27-17-7-6-13(24(25)26)8-14(17)20/h2-10,23H,1H3. The van der Waals surface area contributed by atoms with Crippen molar-refractivity contribution in [2.45, 2.75) is 6.92 Å². The molecule has 8 heteroatoms. The van der Waals surface area contributed by atoms with Crippen molar-refractivity contribution in [3.8, 4) is 22.9 Å². The van der Waals surface area contributed by atoms with Gasteiger partial charge in [0.2, 0.25) is 5.88 Å². The summed E-state index contributed by atoms with van der Waals surface area (Å²) in [5.74, 6) is -0.875. The maximum Gasteiger partial charge on any atom is 0.272 e. The van der Waals surface area contributed by atoms with Gasteiger partial charge in [-0.25, -0.2) is 9.37 Å². The van der Waals surface area contributed by atoms with E-state index >= 15 is 0 Å². The van der Waals surface area contributed by atoms with Gasteiger partial charge in [0.1, 0.15) is 11.8 Å². The Bertz CT molecular complexity index is 1160. The van der Waals surface area contributed by atoms with Crippen LogP contribution in [0.3, 0.4) is 0 Å². The van der Waals surface area contributed by atoms with Crippen molar-refractivity contribution in [2.75, 3.05) is 0 Å². The third-order valence-electron chi connectivity index (χ3n) is 4.08. The lowest BCUT2D eigenvalue weighted by atomic mass is 10.1. The fourth-order valence-corrected chi connectivity index (χ4v) is 2.67. The minimum atomic E-state index is -0.846. The third-order valence-corrected chi connectivity index (χ3v) is 4.08. The number of nitrogens with zero attached hydrogens (tertiary/aromatic N) is 3. The summed E-state index contributed by atoms with van der Waals surface area (Å²) in [6.45, 7) is 2.01. The van der Waals surface area contributed by atoms with Crippen LogP contribution in [-0.2, 0) is 0 Å². The van der Waals surface area contributed by atoms with Crippen molar-refractivity contribution in [1.29, 1.82) is 0 Å². The van der Waals surface area contributed by atoms with Crippen LogP contribution in [0, 0.1) is 22.9 Å². The number of benzene rings is 2. The molecule has 0 unspecified atom stereocenters. The lowest BCUT2D eigenvalue weighted by Gasteiger charge is -2.06. The summed E-state index contributed by atoms with van der Waals surface area (Å²) in [7, 11) is 0. The molecule has 0 aliphatic heterocycles. The number of ether oxygens (including phenoxy) is 1. The minimum Gasteiger partial charge on any atom is -0.434 e. The summed E-state index contributed by atoms with van der Waals surface area (Å²) in [4.78, 5) is 21.5. The van der Waals surface area contributed by atoms with E-state index in [1.165, 1.54) is 18.5 Å². The fourth-order valence-electron chi connectivity index (χ4n) is 2.67. The molecule has 0 atom stereocenters. The van der Waals surface area contributed by atoms with Crippen LogP contribution in [0.2, 0.25) is 0 Å². The van der Waals surface area contributed by atoms with Crippen LogP contribution in [0.4, 0.5) is 10.1 Å². The second-order valence-electron chi connectivity index (χ2n) is 5.96. The van der Waals surface area contributed by atoms with Crippen LogP contribution < -0.4 is 4.74 Å². The molecule has 0 saturated carbocycles. The minimum absolute atomic E-state index is 0.131. The number of nitro groups is 1. The predicted molar refractivity (Wildman–Crippen MR) is 97.2 cm³/mol. The van der Waals surface area contributed by atoms with Gasteiger partial charge >= 0.3 is 0 Å². The van der Waals surface area contributed by atoms with E-state index < -0.39 is 10.7 Å². The highest BCUT2D eigenvalue weighted by molar-refractivity contribution is 5.86. The SMILES string of the molecule is Cc1ccc(-c2cc3ncnc(Oc4ccc([N+](=O)[O-])cc4F)c3[nH]2)cc1. The molecule has 134 valence electrons. The number of aryl methyl sites for hydroxylation is 1. The number of hydrogen-bond donors (Lipinski definition) is 1. The molecule has 4 rings (SSSR count). The first kappa shape index (κ1) is 16.6. The number of hydrogen-bond acceptors (Lipinski definition) is 5. The van der Waals surface area contributed by atoms with Crippen molar-refractivity contribution < 1.29 is 14.1 Å². The van der Waals surface area contributed by atoms with E-state index in [1.807, 2.05) is 37.3 Å².